The zero-order chi connectivity index (χ0) is 20.1. The smallest absolute Gasteiger partial charge is 0.162 e. The van der Waals surface area contributed by atoms with Crippen LogP contribution in [0.15, 0.2) is 46.4 Å². The highest BCUT2D eigenvalue weighted by molar-refractivity contribution is 7.99. The molecule has 0 amide bonds. The van der Waals surface area contributed by atoms with Crippen LogP contribution in [0.5, 0.6) is 0 Å². The van der Waals surface area contributed by atoms with E-state index in [1.807, 2.05) is 49.3 Å². The number of carbonyl (C=O) groups is 1. The van der Waals surface area contributed by atoms with E-state index in [2.05, 4.69) is 21.8 Å². The van der Waals surface area contributed by atoms with E-state index in [9.17, 15) is 4.79 Å². The van der Waals surface area contributed by atoms with Gasteiger partial charge in [0.15, 0.2) is 6.29 Å². The normalized spacial score (nSPS) is 11.2. The number of fused-ring (bicyclic) bond motifs is 1. The number of aldehydes is 1. The molecule has 28 heavy (non-hydrogen) atoms. The van der Waals surface area contributed by atoms with E-state index in [1.54, 1.807) is 24.3 Å². The minimum Gasteiger partial charge on any atom is -0.398 e. The van der Waals surface area contributed by atoms with Gasteiger partial charge < -0.3 is 15.5 Å². The lowest BCUT2D eigenvalue weighted by atomic mass is 10.2. The highest BCUT2D eigenvalue weighted by atomic mass is 32.2. The van der Waals surface area contributed by atoms with Gasteiger partial charge in [0.1, 0.15) is 4.83 Å². The molecule has 0 unspecified atom stereocenters. The second-order valence-corrected chi connectivity index (χ2v) is 8.32. The van der Waals surface area contributed by atoms with Gasteiger partial charge in [-0.05, 0) is 25.1 Å². The van der Waals surface area contributed by atoms with Crippen molar-refractivity contribution in [2.75, 3.05) is 37.2 Å². The van der Waals surface area contributed by atoms with Crippen LogP contribution in [0.1, 0.15) is 16.6 Å². The molecule has 0 atom stereocenters. The van der Waals surface area contributed by atoms with Crippen molar-refractivity contribution >= 4 is 63.0 Å². The maximum atomic E-state index is 11.6. The molecular formula is C20H23N5OS2. The molecule has 0 saturated heterocycles. The number of pyridine rings is 1. The lowest BCUT2D eigenvalue weighted by Gasteiger charge is -2.17. The summed E-state index contributed by atoms with van der Waals surface area (Å²) in [5, 5.41) is 0.909. The Morgan fingerprint density at radius 2 is 2.07 bits per heavy atom. The Hall–Kier alpha value is -2.58. The van der Waals surface area contributed by atoms with E-state index in [-0.39, 0.29) is 0 Å². The van der Waals surface area contributed by atoms with Crippen molar-refractivity contribution in [2.45, 2.75) is 11.8 Å². The molecule has 0 fully saturated rings. The topological polar surface area (TPSA) is 74.8 Å². The standard InChI is InChI=1S/C20H23N5OS2/c1-4-25(13-27-16-8-6-5-7-14(16)21)12-23-19-17(11-26)28-20-18(19)15(24(2)3)9-10-22-20/h5-12H,4,13,21H2,1-3H3. The number of benzene rings is 1. The number of nitrogen functional groups attached to an aromatic ring is 1. The fourth-order valence-corrected chi connectivity index (χ4v) is 4.59. The van der Waals surface area contributed by atoms with Gasteiger partial charge >= 0.3 is 0 Å². The van der Waals surface area contributed by atoms with Crippen LogP contribution in [0, 0.1) is 0 Å². The van der Waals surface area contributed by atoms with Gasteiger partial charge in [-0.1, -0.05) is 12.1 Å². The van der Waals surface area contributed by atoms with Crippen LogP contribution in [0.2, 0.25) is 0 Å². The Bertz CT molecular complexity index is 999. The van der Waals surface area contributed by atoms with Crippen LogP contribution in [0.4, 0.5) is 17.1 Å². The van der Waals surface area contributed by atoms with Crippen molar-refractivity contribution in [3.63, 3.8) is 0 Å². The highest BCUT2D eigenvalue weighted by Crippen LogP contribution is 2.40. The molecule has 0 aliphatic rings. The number of thioether (sulfide) groups is 1. The number of anilines is 2. The molecule has 0 bridgehead atoms. The van der Waals surface area contributed by atoms with Crippen LogP contribution in [-0.2, 0) is 0 Å². The molecule has 146 valence electrons. The second kappa shape index (κ2) is 9.07. The first-order valence-corrected chi connectivity index (χ1v) is 10.6. The van der Waals surface area contributed by atoms with Gasteiger partial charge in [-0.25, -0.2) is 9.98 Å². The summed E-state index contributed by atoms with van der Waals surface area (Å²) in [5.41, 5.74) is 8.47. The largest absolute Gasteiger partial charge is 0.398 e. The van der Waals surface area contributed by atoms with Crippen molar-refractivity contribution in [3.8, 4) is 0 Å². The first kappa shape index (κ1) is 20.2. The number of hydrogen-bond donors (Lipinski definition) is 1. The molecule has 0 aliphatic heterocycles. The minimum atomic E-state index is 0.587. The lowest BCUT2D eigenvalue weighted by molar-refractivity contribution is 0.112. The first-order chi connectivity index (χ1) is 13.5. The van der Waals surface area contributed by atoms with E-state index in [1.165, 1.54) is 11.3 Å². The van der Waals surface area contributed by atoms with Gasteiger partial charge in [-0.3, -0.25) is 4.79 Å². The van der Waals surface area contributed by atoms with Crippen LogP contribution >= 0.6 is 23.1 Å². The van der Waals surface area contributed by atoms with E-state index < -0.39 is 0 Å². The quantitative estimate of drug-likeness (QED) is 0.146. The van der Waals surface area contributed by atoms with E-state index in [0.29, 0.717) is 16.4 Å². The number of carbonyl (C=O) groups excluding carboxylic acids is 1. The van der Waals surface area contributed by atoms with Gasteiger partial charge in [0.2, 0.25) is 0 Å². The molecule has 0 spiro atoms. The Morgan fingerprint density at radius 3 is 2.75 bits per heavy atom. The third-order valence-corrected chi connectivity index (χ3v) is 6.38. The fraction of sp³-hybridized carbons (Fsp3) is 0.250. The minimum absolute atomic E-state index is 0.587. The third-order valence-electron chi connectivity index (χ3n) is 4.22. The van der Waals surface area contributed by atoms with E-state index in [4.69, 9.17) is 5.73 Å². The van der Waals surface area contributed by atoms with Crippen molar-refractivity contribution in [2.24, 2.45) is 4.99 Å². The van der Waals surface area contributed by atoms with Crippen molar-refractivity contribution < 1.29 is 4.79 Å². The maximum Gasteiger partial charge on any atom is 0.162 e. The number of para-hydroxylation sites is 1. The number of hydrogen-bond acceptors (Lipinski definition) is 7. The summed E-state index contributed by atoms with van der Waals surface area (Å²) in [6.07, 6.45) is 4.41. The van der Waals surface area contributed by atoms with Crippen LogP contribution in [-0.4, -0.2) is 49.0 Å². The predicted octanol–water partition coefficient (Wildman–Crippen LogP) is 4.49. The Morgan fingerprint density at radius 1 is 1.29 bits per heavy atom. The van der Waals surface area contributed by atoms with Crippen LogP contribution in [0.3, 0.4) is 0 Å². The van der Waals surface area contributed by atoms with Crippen LogP contribution in [0.25, 0.3) is 10.2 Å². The molecule has 3 aromatic rings. The molecule has 8 heteroatoms. The van der Waals surface area contributed by atoms with Gasteiger partial charge in [-0.15, -0.1) is 23.1 Å². The number of aliphatic imine (C=N–C) groups is 1. The average Bonchev–Trinajstić information content (AvgIpc) is 3.07. The summed E-state index contributed by atoms with van der Waals surface area (Å²) >= 11 is 3.03. The molecule has 3 rings (SSSR count). The average molecular weight is 414 g/mol. The number of aromatic nitrogens is 1. The maximum absolute atomic E-state index is 11.6. The van der Waals surface area contributed by atoms with Gasteiger partial charge in [0.05, 0.1) is 33.9 Å². The molecule has 0 saturated carbocycles. The summed E-state index contributed by atoms with van der Waals surface area (Å²) in [7, 11) is 3.94. The predicted molar refractivity (Wildman–Crippen MR) is 121 cm³/mol. The Balaban J connectivity index is 1.88. The lowest BCUT2D eigenvalue weighted by Crippen LogP contribution is -2.20. The SMILES string of the molecule is CCN(C=Nc1c(C=O)sc2nccc(N(C)C)c12)CSc1ccccc1N. The monoisotopic (exact) mass is 413 g/mol. The molecule has 6 nitrogen and oxygen atoms in total. The summed E-state index contributed by atoms with van der Waals surface area (Å²) in [4.78, 5) is 27.2. The zero-order valence-electron chi connectivity index (χ0n) is 16.1. The highest BCUT2D eigenvalue weighted by Gasteiger charge is 2.16. The van der Waals surface area contributed by atoms with Crippen LogP contribution < -0.4 is 10.6 Å². The number of nitrogens with two attached hydrogens (primary N) is 1. The summed E-state index contributed by atoms with van der Waals surface area (Å²) in [6, 6.07) is 9.76. The number of thiophene rings is 1. The Labute approximate surface area is 173 Å². The Kier molecular flexibility index (Phi) is 6.53. The summed E-state index contributed by atoms with van der Waals surface area (Å²) < 4.78 is 0. The number of rotatable bonds is 8. The van der Waals surface area contributed by atoms with E-state index in [0.717, 1.165) is 39.3 Å². The summed E-state index contributed by atoms with van der Waals surface area (Å²) in [5.74, 6) is 0.714. The molecule has 2 aromatic heterocycles. The van der Waals surface area contributed by atoms with Crippen molar-refractivity contribution in [1.82, 2.24) is 9.88 Å². The van der Waals surface area contributed by atoms with Crippen molar-refractivity contribution in [3.05, 3.63) is 41.4 Å². The molecular weight excluding hydrogens is 390 g/mol. The summed E-state index contributed by atoms with van der Waals surface area (Å²) in [6.45, 7) is 2.86. The van der Waals surface area contributed by atoms with E-state index >= 15 is 0 Å². The third kappa shape index (κ3) is 4.28. The molecule has 2 N–H and O–H groups in total. The number of nitrogens with zero attached hydrogens (tertiary/aromatic N) is 4. The first-order valence-electron chi connectivity index (χ1n) is 8.84. The van der Waals surface area contributed by atoms with Gasteiger partial charge in [0.25, 0.3) is 0 Å². The molecule has 0 aliphatic carbocycles. The van der Waals surface area contributed by atoms with Gasteiger partial charge in [0, 0.05) is 37.4 Å². The molecule has 1 aromatic carbocycles. The molecule has 0 radical (unpaired) electrons. The van der Waals surface area contributed by atoms with Crippen molar-refractivity contribution in [1.29, 1.82) is 0 Å². The molecule has 2 heterocycles. The zero-order valence-corrected chi connectivity index (χ0v) is 17.8. The second-order valence-electron chi connectivity index (χ2n) is 6.30. The fourth-order valence-electron chi connectivity index (χ4n) is 2.70. The van der Waals surface area contributed by atoms with Gasteiger partial charge in [-0.2, -0.15) is 0 Å².